The molecular weight excluding hydrogens is 266 g/mol. The van der Waals surface area contributed by atoms with Crippen molar-refractivity contribution < 1.29 is 9.53 Å². The number of hydrogen-bond donors (Lipinski definition) is 2. The molecule has 1 aromatic heterocycles. The van der Waals surface area contributed by atoms with E-state index in [0.717, 1.165) is 11.4 Å². The highest BCUT2D eigenvalue weighted by Crippen LogP contribution is 2.14. The number of anilines is 1. The lowest BCUT2D eigenvalue weighted by Gasteiger charge is -2.09. The molecule has 110 valence electrons. The summed E-state index contributed by atoms with van der Waals surface area (Å²) in [7, 11) is 0. The highest BCUT2D eigenvalue weighted by atomic mass is 16.5. The molecule has 5 heteroatoms. The molecule has 21 heavy (non-hydrogen) atoms. The van der Waals surface area contributed by atoms with Gasteiger partial charge in [0.2, 0.25) is 0 Å². The molecule has 2 aromatic rings. The number of carbonyl (C=O) groups is 1. The monoisotopic (exact) mass is 285 g/mol. The molecule has 0 radical (unpaired) electrons. The Kier molecular flexibility index (Phi) is 4.77. The fraction of sp³-hybridized carbons (Fsp3) is 0.250. The smallest absolute Gasteiger partial charge is 0.253 e. The van der Waals surface area contributed by atoms with Crippen LogP contribution in [0.5, 0.6) is 5.75 Å². The van der Waals surface area contributed by atoms with Gasteiger partial charge in [-0.05, 0) is 38.1 Å². The van der Waals surface area contributed by atoms with Crippen LogP contribution in [0.3, 0.4) is 0 Å². The van der Waals surface area contributed by atoms with E-state index < -0.39 is 0 Å². The first-order valence-corrected chi connectivity index (χ1v) is 6.77. The lowest BCUT2D eigenvalue weighted by Crippen LogP contribution is -2.28. The van der Waals surface area contributed by atoms with Crippen LogP contribution in [-0.4, -0.2) is 24.0 Å². The number of hydrogen-bond acceptors (Lipinski definition) is 4. The average Bonchev–Trinajstić information content (AvgIpc) is 2.43. The van der Waals surface area contributed by atoms with Gasteiger partial charge in [-0.1, -0.05) is 6.07 Å². The molecular formula is C16H19N3O2. The Morgan fingerprint density at radius 3 is 2.81 bits per heavy atom. The summed E-state index contributed by atoms with van der Waals surface area (Å²) in [6.07, 6.45) is 0. The van der Waals surface area contributed by atoms with Crippen LogP contribution in [0.4, 0.5) is 5.69 Å². The van der Waals surface area contributed by atoms with Gasteiger partial charge in [-0.2, -0.15) is 0 Å². The van der Waals surface area contributed by atoms with Gasteiger partial charge >= 0.3 is 0 Å². The van der Waals surface area contributed by atoms with Gasteiger partial charge in [0, 0.05) is 17.4 Å². The Morgan fingerprint density at radius 2 is 2.10 bits per heavy atom. The van der Waals surface area contributed by atoms with E-state index in [-0.39, 0.29) is 5.91 Å². The Labute approximate surface area is 124 Å². The molecule has 1 amide bonds. The third-order valence-corrected chi connectivity index (χ3v) is 2.98. The largest absolute Gasteiger partial charge is 0.492 e. The Balaban J connectivity index is 1.82. The number of ether oxygens (including phenoxy) is 1. The molecule has 1 aromatic carbocycles. The third kappa shape index (κ3) is 4.21. The summed E-state index contributed by atoms with van der Waals surface area (Å²) in [6.45, 7) is 4.52. The standard InChI is InChI=1S/C16H19N3O2/c1-11-6-7-15(12(2)19-11)16(20)18-8-9-21-14-5-3-4-13(17)10-14/h3-7,10H,8-9,17H2,1-2H3,(H,18,20). The van der Waals surface area contributed by atoms with Crippen LogP contribution in [0.25, 0.3) is 0 Å². The Hall–Kier alpha value is -2.56. The van der Waals surface area contributed by atoms with Crippen molar-refractivity contribution >= 4 is 11.6 Å². The fourth-order valence-electron chi connectivity index (χ4n) is 1.96. The molecule has 5 nitrogen and oxygen atoms in total. The number of nitrogens with zero attached hydrogens (tertiary/aromatic N) is 1. The van der Waals surface area contributed by atoms with Crippen LogP contribution in [-0.2, 0) is 0 Å². The number of carbonyl (C=O) groups excluding carboxylic acids is 1. The second-order valence-electron chi connectivity index (χ2n) is 4.76. The van der Waals surface area contributed by atoms with E-state index >= 15 is 0 Å². The van der Waals surface area contributed by atoms with E-state index in [0.29, 0.717) is 30.2 Å². The zero-order valence-electron chi connectivity index (χ0n) is 12.2. The quantitative estimate of drug-likeness (QED) is 0.651. The molecule has 2 rings (SSSR count). The maximum Gasteiger partial charge on any atom is 0.253 e. The number of pyridine rings is 1. The van der Waals surface area contributed by atoms with E-state index in [2.05, 4.69) is 10.3 Å². The number of benzene rings is 1. The van der Waals surface area contributed by atoms with Crippen LogP contribution in [0.1, 0.15) is 21.7 Å². The maximum absolute atomic E-state index is 12.0. The number of aromatic nitrogens is 1. The molecule has 0 fully saturated rings. The second kappa shape index (κ2) is 6.74. The molecule has 0 atom stereocenters. The number of nitrogen functional groups attached to an aromatic ring is 1. The number of amides is 1. The first-order valence-electron chi connectivity index (χ1n) is 6.77. The predicted octanol–water partition coefficient (Wildman–Crippen LogP) is 2.09. The molecule has 0 bridgehead atoms. The maximum atomic E-state index is 12.0. The van der Waals surface area contributed by atoms with E-state index in [1.807, 2.05) is 32.0 Å². The van der Waals surface area contributed by atoms with Crippen molar-refractivity contribution in [2.45, 2.75) is 13.8 Å². The van der Waals surface area contributed by atoms with Crippen LogP contribution in [0.15, 0.2) is 36.4 Å². The van der Waals surface area contributed by atoms with Gasteiger partial charge in [0.25, 0.3) is 5.91 Å². The summed E-state index contributed by atoms with van der Waals surface area (Å²) in [4.78, 5) is 16.3. The van der Waals surface area contributed by atoms with Gasteiger partial charge in [0.1, 0.15) is 12.4 Å². The number of rotatable bonds is 5. The van der Waals surface area contributed by atoms with Crippen molar-refractivity contribution in [2.24, 2.45) is 0 Å². The van der Waals surface area contributed by atoms with Crippen molar-refractivity contribution in [1.29, 1.82) is 0 Å². The third-order valence-electron chi connectivity index (χ3n) is 2.98. The summed E-state index contributed by atoms with van der Waals surface area (Å²) in [5, 5.41) is 2.81. The van der Waals surface area contributed by atoms with Gasteiger partial charge in [-0.15, -0.1) is 0 Å². The molecule has 0 saturated heterocycles. The minimum Gasteiger partial charge on any atom is -0.492 e. The Morgan fingerprint density at radius 1 is 1.29 bits per heavy atom. The highest BCUT2D eigenvalue weighted by molar-refractivity contribution is 5.95. The van der Waals surface area contributed by atoms with Crippen LogP contribution >= 0.6 is 0 Å². The summed E-state index contributed by atoms with van der Waals surface area (Å²) < 4.78 is 5.51. The summed E-state index contributed by atoms with van der Waals surface area (Å²) >= 11 is 0. The molecule has 0 saturated carbocycles. The average molecular weight is 285 g/mol. The molecule has 0 spiro atoms. The first-order chi connectivity index (χ1) is 10.1. The van der Waals surface area contributed by atoms with E-state index in [9.17, 15) is 4.79 Å². The van der Waals surface area contributed by atoms with Crippen molar-refractivity contribution in [2.75, 3.05) is 18.9 Å². The van der Waals surface area contributed by atoms with E-state index in [4.69, 9.17) is 10.5 Å². The number of nitrogens with two attached hydrogens (primary N) is 1. The normalized spacial score (nSPS) is 10.2. The summed E-state index contributed by atoms with van der Waals surface area (Å²) in [6, 6.07) is 10.8. The molecule has 0 aliphatic rings. The zero-order chi connectivity index (χ0) is 15.2. The van der Waals surface area contributed by atoms with Gasteiger partial charge in [0.15, 0.2) is 0 Å². The molecule has 0 aliphatic carbocycles. The summed E-state index contributed by atoms with van der Waals surface area (Å²) in [5.41, 5.74) is 8.52. The number of aryl methyl sites for hydroxylation is 2. The van der Waals surface area contributed by atoms with Crippen molar-refractivity contribution in [3.63, 3.8) is 0 Å². The predicted molar refractivity (Wildman–Crippen MR) is 82.4 cm³/mol. The SMILES string of the molecule is Cc1ccc(C(=O)NCCOc2cccc(N)c2)c(C)n1. The highest BCUT2D eigenvalue weighted by Gasteiger charge is 2.09. The Bertz CT molecular complexity index is 641. The molecule has 3 N–H and O–H groups in total. The molecule has 0 aliphatic heterocycles. The lowest BCUT2D eigenvalue weighted by molar-refractivity contribution is 0.0946. The zero-order valence-corrected chi connectivity index (χ0v) is 12.2. The summed E-state index contributed by atoms with van der Waals surface area (Å²) in [5.74, 6) is 0.550. The first kappa shape index (κ1) is 14.8. The fourth-order valence-corrected chi connectivity index (χ4v) is 1.96. The molecule has 1 heterocycles. The van der Waals surface area contributed by atoms with E-state index in [1.165, 1.54) is 0 Å². The van der Waals surface area contributed by atoms with Crippen molar-refractivity contribution in [1.82, 2.24) is 10.3 Å². The van der Waals surface area contributed by atoms with Crippen LogP contribution in [0, 0.1) is 13.8 Å². The van der Waals surface area contributed by atoms with Gasteiger partial charge < -0.3 is 15.8 Å². The van der Waals surface area contributed by atoms with Gasteiger partial charge in [-0.25, -0.2) is 0 Å². The van der Waals surface area contributed by atoms with Crippen LogP contribution < -0.4 is 15.8 Å². The topological polar surface area (TPSA) is 77.2 Å². The van der Waals surface area contributed by atoms with Gasteiger partial charge in [-0.3, -0.25) is 9.78 Å². The minimum absolute atomic E-state index is 0.142. The lowest BCUT2D eigenvalue weighted by atomic mass is 10.2. The van der Waals surface area contributed by atoms with Gasteiger partial charge in [0.05, 0.1) is 17.8 Å². The van der Waals surface area contributed by atoms with Crippen molar-refractivity contribution in [3.8, 4) is 5.75 Å². The minimum atomic E-state index is -0.142. The number of nitrogens with one attached hydrogen (secondary N) is 1. The van der Waals surface area contributed by atoms with E-state index in [1.54, 1.807) is 18.2 Å². The molecule has 0 unspecified atom stereocenters. The van der Waals surface area contributed by atoms with Crippen LogP contribution in [0.2, 0.25) is 0 Å². The van der Waals surface area contributed by atoms with Crippen molar-refractivity contribution in [3.05, 3.63) is 53.3 Å². The second-order valence-corrected chi connectivity index (χ2v) is 4.76.